The molecule has 0 unspecified atom stereocenters. The van der Waals surface area contributed by atoms with Gasteiger partial charge in [-0.25, -0.2) is 4.39 Å². The number of fused-ring (bicyclic) bond motifs is 1. The minimum atomic E-state index is -0.747. The maximum Gasteiger partial charge on any atom is 0.292 e. The highest BCUT2D eigenvalue weighted by Gasteiger charge is 2.28. The highest BCUT2D eigenvalue weighted by atomic mass is 19.1. The fourth-order valence-corrected chi connectivity index (χ4v) is 4.23. The third-order valence-corrected chi connectivity index (χ3v) is 6.07. The average molecular weight is 452 g/mol. The van der Waals surface area contributed by atoms with Crippen molar-refractivity contribution in [1.82, 2.24) is 20.2 Å². The van der Waals surface area contributed by atoms with Crippen LogP contribution in [0.5, 0.6) is 5.88 Å². The van der Waals surface area contributed by atoms with Crippen LogP contribution in [0.1, 0.15) is 39.1 Å². The minimum absolute atomic E-state index is 0.145. The van der Waals surface area contributed by atoms with E-state index in [0.29, 0.717) is 30.0 Å². The number of carbonyl (C=O) groups is 3. The van der Waals surface area contributed by atoms with Crippen molar-refractivity contribution >= 4 is 28.6 Å². The maximum absolute atomic E-state index is 13.3. The number of likely N-dealkylation sites (N-methyl/N-ethyl adjacent to an activating group) is 1. The first-order valence-corrected chi connectivity index (χ1v) is 10.8. The second-order valence-electron chi connectivity index (χ2n) is 8.12. The van der Waals surface area contributed by atoms with E-state index in [-0.39, 0.29) is 28.7 Å². The van der Waals surface area contributed by atoms with Crippen LogP contribution in [0.25, 0.3) is 11.0 Å². The van der Waals surface area contributed by atoms with E-state index in [1.54, 1.807) is 23.1 Å². The predicted octanol–water partition coefficient (Wildman–Crippen LogP) is 2.73. The van der Waals surface area contributed by atoms with Crippen LogP contribution in [0.3, 0.4) is 0 Å². The number of benzene rings is 1. The van der Waals surface area contributed by atoms with Crippen LogP contribution in [0, 0.1) is 11.7 Å². The standard InChI is InChI=1S/C24H25FN4O4/c1-26-22(31)20(30)19-13-27-21-17(19)12-18(23(28-21)33-2)24(32)29-9-7-15(8-10-29)11-14-3-5-16(25)6-4-14/h3-6,12-13,15H,7-11H2,1-2H3,(H,26,31)(H,27,28). The second kappa shape index (κ2) is 9.40. The molecule has 1 fully saturated rings. The van der Waals surface area contributed by atoms with Gasteiger partial charge in [0.1, 0.15) is 17.0 Å². The van der Waals surface area contributed by atoms with Gasteiger partial charge in [-0.05, 0) is 48.9 Å². The predicted molar refractivity (Wildman–Crippen MR) is 120 cm³/mol. The zero-order valence-electron chi connectivity index (χ0n) is 18.5. The number of nitrogens with one attached hydrogen (secondary N) is 2. The molecule has 1 aromatic carbocycles. The van der Waals surface area contributed by atoms with E-state index in [9.17, 15) is 18.8 Å². The fraction of sp³-hybridized carbons (Fsp3) is 0.333. The van der Waals surface area contributed by atoms with Gasteiger partial charge in [0, 0.05) is 31.7 Å². The van der Waals surface area contributed by atoms with Crippen LogP contribution in [0.4, 0.5) is 4.39 Å². The van der Waals surface area contributed by atoms with E-state index in [2.05, 4.69) is 15.3 Å². The van der Waals surface area contributed by atoms with Gasteiger partial charge >= 0.3 is 0 Å². The third-order valence-electron chi connectivity index (χ3n) is 6.07. The van der Waals surface area contributed by atoms with Crippen LogP contribution in [-0.2, 0) is 11.2 Å². The molecule has 2 N–H and O–H groups in total. The fourth-order valence-electron chi connectivity index (χ4n) is 4.23. The Bertz CT molecular complexity index is 1200. The van der Waals surface area contributed by atoms with Crippen molar-refractivity contribution < 1.29 is 23.5 Å². The van der Waals surface area contributed by atoms with Crippen LogP contribution in [0.2, 0.25) is 0 Å². The summed E-state index contributed by atoms with van der Waals surface area (Å²) < 4.78 is 18.5. The van der Waals surface area contributed by atoms with Crippen molar-refractivity contribution in [3.8, 4) is 5.88 Å². The molecule has 1 aliphatic rings. The van der Waals surface area contributed by atoms with E-state index < -0.39 is 11.7 Å². The van der Waals surface area contributed by atoms with Crippen molar-refractivity contribution in [2.75, 3.05) is 27.2 Å². The molecule has 3 heterocycles. The molecule has 0 atom stereocenters. The molecule has 2 aromatic heterocycles. The van der Waals surface area contributed by atoms with E-state index in [1.807, 2.05) is 0 Å². The number of amides is 2. The molecule has 0 bridgehead atoms. The molecule has 0 saturated carbocycles. The summed E-state index contributed by atoms with van der Waals surface area (Å²) in [5, 5.41) is 2.70. The summed E-state index contributed by atoms with van der Waals surface area (Å²) in [5.41, 5.74) is 1.83. The first-order valence-electron chi connectivity index (χ1n) is 10.8. The third kappa shape index (κ3) is 4.57. The van der Waals surface area contributed by atoms with Crippen molar-refractivity contribution in [3.63, 3.8) is 0 Å². The zero-order valence-corrected chi connectivity index (χ0v) is 18.5. The molecule has 4 rings (SSSR count). The average Bonchev–Trinajstić information content (AvgIpc) is 3.26. The first kappa shape index (κ1) is 22.4. The molecule has 8 nitrogen and oxygen atoms in total. The number of carbonyl (C=O) groups excluding carboxylic acids is 3. The number of piperidine rings is 1. The number of hydrogen-bond acceptors (Lipinski definition) is 5. The van der Waals surface area contributed by atoms with Crippen molar-refractivity contribution in [3.05, 3.63) is 59.0 Å². The Balaban J connectivity index is 1.52. The van der Waals surface area contributed by atoms with Crippen LogP contribution in [-0.4, -0.2) is 59.7 Å². The number of methoxy groups -OCH3 is 1. The lowest BCUT2D eigenvalue weighted by molar-refractivity contribution is -0.116. The Kier molecular flexibility index (Phi) is 6.39. The number of pyridine rings is 1. The zero-order chi connectivity index (χ0) is 23.5. The number of aromatic nitrogens is 2. The Morgan fingerprint density at radius 1 is 1.18 bits per heavy atom. The molecular formula is C24H25FN4O4. The number of rotatable bonds is 6. The molecule has 0 spiro atoms. The normalized spacial score (nSPS) is 14.3. The summed E-state index contributed by atoms with van der Waals surface area (Å²) in [6, 6.07) is 8.09. The summed E-state index contributed by atoms with van der Waals surface area (Å²) in [5.74, 6) is -1.38. The number of nitrogens with zero attached hydrogens (tertiary/aromatic N) is 2. The monoisotopic (exact) mass is 452 g/mol. The summed E-state index contributed by atoms with van der Waals surface area (Å²) in [7, 11) is 2.81. The number of Topliss-reactive ketones (excluding diaryl/α,β-unsaturated/α-hetero) is 1. The summed E-state index contributed by atoms with van der Waals surface area (Å²) >= 11 is 0. The van der Waals surface area contributed by atoms with E-state index in [4.69, 9.17) is 4.74 Å². The van der Waals surface area contributed by atoms with Gasteiger partial charge in [0.15, 0.2) is 0 Å². The molecule has 0 radical (unpaired) electrons. The van der Waals surface area contributed by atoms with Crippen molar-refractivity contribution in [2.45, 2.75) is 19.3 Å². The number of ketones is 1. The van der Waals surface area contributed by atoms with Crippen LogP contribution >= 0.6 is 0 Å². The number of H-pyrrole nitrogens is 1. The largest absolute Gasteiger partial charge is 0.480 e. The van der Waals surface area contributed by atoms with Gasteiger partial charge in [0.05, 0.1) is 12.7 Å². The quantitative estimate of drug-likeness (QED) is 0.442. The van der Waals surface area contributed by atoms with Gasteiger partial charge in [-0.3, -0.25) is 14.4 Å². The summed E-state index contributed by atoms with van der Waals surface area (Å²) in [6.07, 6.45) is 3.90. The molecule has 2 amide bonds. The molecule has 1 aliphatic heterocycles. The SMILES string of the molecule is CNC(=O)C(=O)c1c[nH]c2nc(OC)c(C(=O)N3CCC(Cc4ccc(F)cc4)CC3)cc12. The second-order valence-corrected chi connectivity index (χ2v) is 8.12. The smallest absolute Gasteiger partial charge is 0.292 e. The number of halogens is 1. The van der Waals surface area contributed by atoms with E-state index in [0.717, 1.165) is 24.8 Å². The molecule has 0 aliphatic carbocycles. The van der Waals surface area contributed by atoms with Gasteiger partial charge in [-0.1, -0.05) is 12.1 Å². The lowest BCUT2D eigenvalue weighted by atomic mass is 9.90. The summed E-state index contributed by atoms with van der Waals surface area (Å²) in [6.45, 7) is 1.14. The van der Waals surface area contributed by atoms with Crippen molar-refractivity contribution in [2.24, 2.45) is 5.92 Å². The number of ether oxygens (including phenoxy) is 1. The van der Waals surface area contributed by atoms with Gasteiger partial charge in [-0.15, -0.1) is 0 Å². The highest BCUT2D eigenvalue weighted by Crippen LogP contribution is 2.28. The van der Waals surface area contributed by atoms with E-state index >= 15 is 0 Å². The lowest BCUT2D eigenvalue weighted by Crippen LogP contribution is -2.39. The molecule has 9 heteroatoms. The molecule has 172 valence electrons. The Labute approximate surface area is 190 Å². The molecule has 1 saturated heterocycles. The summed E-state index contributed by atoms with van der Waals surface area (Å²) in [4.78, 5) is 46.4. The molecular weight excluding hydrogens is 427 g/mol. The number of aromatic amines is 1. The topological polar surface area (TPSA) is 104 Å². The van der Waals surface area contributed by atoms with Gasteiger partial charge in [0.2, 0.25) is 5.88 Å². The lowest BCUT2D eigenvalue weighted by Gasteiger charge is -2.32. The maximum atomic E-state index is 13.3. The Morgan fingerprint density at radius 3 is 2.52 bits per heavy atom. The number of likely N-dealkylation sites (tertiary alicyclic amines) is 1. The van der Waals surface area contributed by atoms with Crippen molar-refractivity contribution in [1.29, 1.82) is 0 Å². The van der Waals surface area contributed by atoms with E-state index in [1.165, 1.54) is 32.5 Å². The highest BCUT2D eigenvalue weighted by molar-refractivity contribution is 6.44. The molecule has 3 aromatic rings. The Hall–Kier alpha value is -3.75. The van der Waals surface area contributed by atoms with Gasteiger partial charge in [-0.2, -0.15) is 4.98 Å². The molecule has 33 heavy (non-hydrogen) atoms. The van der Waals surface area contributed by atoms with Gasteiger partial charge < -0.3 is 19.9 Å². The van der Waals surface area contributed by atoms with Gasteiger partial charge in [0.25, 0.3) is 17.6 Å². The Morgan fingerprint density at radius 2 is 1.88 bits per heavy atom. The van der Waals surface area contributed by atoms with Crippen LogP contribution < -0.4 is 10.1 Å². The minimum Gasteiger partial charge on any atom is -0.480 e. The first-order chi connectivity index (χ1) is 15.9. The number of hydrogen-bond donors (Lipinski definition) is 2. The van der Waals surface area contributed by atoms with Crippen LogP contribution in [0.15, 0.2) is 36.5 Å².